The van der Waals surface area contributed by atoms with Crippen molar-refractivity contribution in [2.24, 2.45) is 0 Å². The average Bonchev–Trinajstić information content (AvgIpc) is 2.10. The summed E-state index contributed by atoms with van der Waals surface area (Å²) in [6.07, 6.45) is 1.96. The number of hydrogen-bond donors (Lipinski definition) is 0. The van der Waals surface area contributed by atoms with E-state index in [1.54, 1.807) is 0 Å². The average molecular weight is 268 g/mol. The first kappa shape index (κ1) is 17.1. The molecule has 0 aromatic heterocycles. The Morgan fingerprint density at radius 3 is 2.33 bits per heavy atom. The number of ketones is 1. The van der Waals surface area contributed by atoms with E-state index in [0.717, 1.165) is 12.8 Å². The third-order valence-corrected chi connectivity index (χ3v) is 1.53. The van der Waals surface area contributed by atoms with Gasteiger partial charge in [-0.25, -0.2) is 0 Å². The molecule has 0 amide bonds. The van der Waals surface area contributed by atoms with E-state index in [1.165, 1.54) is 6.92 Å². The maximum Gasteiger partial charge on any atom is 0.313 e. The number of unbranched alkanes of at least 4 members (excludes halogenated alkanes) is 1. The minimum atomic E-state index is -0.475. The molecule has 0 aromatic carbocycles. The Bertz CT molecular complexity index is 182. The van der Waals surface area contributed by atoms with Gasteiger partial charge in [0.15, 0.2) is 0 Å². The molecule has 0 fully saturated rings. The van der Waals surface area contributed by atoms with E-state index in [1.807, 2.05) is 0 Å². The van der Waals surface area contributed by atoms with Crippen LogP contribution < -0.4 is 0 Å². The summed E-state index contributed by atoms with van der Waals surface area (Å²) in [6, 6.07) is 0. The van der Waals surface area contributed by atoms with Gasteiger partial charge in [-0.15, -0.1) is 0 Å². The van der Waals surface area contributed by atoms with E-state index in [2.05, 4.69) is 6.92 Å². The van der Waals surface area contributed by atoms with Crippen LogP contribution in [-0.2, 0) is 38.5 Å². The number of ether oxygens (including phenoxy) is 2. The molecule has 84 valence electrons. The molecule has 0 aromatic rings. The topological polar surface area (TPSA) is 52.6 Å². The van der Waals surface area contributed by atoms with E-state index in [4.69, 9.17) is 9.47 Å². The van der Waals surface area contributed by atoms with Gasteiger partial charge in [0.1, 0.15) is 18.8 Å². The zero-order chi connectivity index (χ0) is 10.8. The van der Waals surface area contributed by atoms with E-state index in [-0.39, 0.29) is 38.3 Å². The minimum absolute atomic E-state index is 0. The quantitative estimate of drug-likeness (QED) is 0.288. The van der Waals surface area contributed by atoms with Crippen LogP contribution in [0.1, 0.15) is 33.1 Å². The second-order valence-corrected chi connectivity index (χ2v) is 3.07. The number of Topliss-reactive ketones (excluding diaryl/α,β-unsaturated/α-hetero) is 1. The van der Waals surface area contributed by atoms with E-state index in [0.29, 0.717) is 13.2 Å². The number of rotatable bonds is 8. The molecule has 15 heavy (non-hydrogen) atoms. The summed E-state index contributed by atoms with van der Waals surface area (Å²) >= 11 is 0. The summed E-state index contributed by atoms with van der Waals surface area (Å²) in [7, 11) is 0. The maximum absolute atomic E-state index is 10.8. The van der Waals surface area contributed by atoms with Gasteiger partial charge in [0.2, 0.25) is 0 Å². The van der Waals surface area contributed by atoms with Gasteiger partial charge in [-0.05, 0) is 13.3 Å². The van der Waals surface area contributed by atoms with Gasteiger partial charge in [-0.3, -0.25) is 9.59 Å². The molecule has 0 saturated carbocycles. The molecule has 0 radical (unpaired) electrons. The molecule has 0 spiro atoms. The van der Waals surface area contributed by atoms with Crippen molar-refractivity contribution in [1.29, 1.82) is 0 Å². The first-order valence-corrected chi connectivity index (χ1v) is 4.89. The SMILES string of the molecule is CCCCOCCOC(=O)CC(C)=O.[Zn]. The van der Waals surface area contributed by atoms with Gasteiger partial charge >= 0.3 is 5.97 Å². The monoisotopic (exact) mass is 266 g/mol. The Balaban J connectivity index is 0. The van der Waals surface area contributed by atoms with Crippen LogP contribution >= 0.6 is 0 Å². The predicted molar refractivity (Wildman–Crippen MR) is 52.0 cm³/mol. The van der Waals surface area contributed by atoms with Crippen LogP contribution in [0.5, 0.6) is 0 Å². The fraction of sp³-hybridized carbons (Fsp3) is 0.800. The van der Waals surface area contributed by atoms with Gasteiger partial charge in [0.05, 0.1) is 6.61 Å². The number of esters is 1. The molecular formula is C10H18O4Zn. The summed E-state index contributed by atoms with van der Waals surface area (Å²) in [5.41, 5.74) is 0. The fourth-order valence-corrected chi connectivity index (χ4v) is 0.817. The Hall–Kier alpha value is -0.277. The van der Waals surface area contributed by atoms with Crippen molar-refractivity contribution in [1.82, 2.24) is 0 Å². The Morgan fingerprint density at radius 2 is 1.80 bits per heavy atom. The molecule has 5 heteroatoms. The second kappa shape index (κ2) is 11.8. The predicted octanol–water partition coefficient (Wildman–Crippen LogP) is 1.32. The van der Waals surface area contributed by atoms with Crippen molar-refractivity contribution in [3.05, 3.63) is 0 Å². The van der Waals surface area contributed by atoms with Gasteiger partial charge in [-0.1, -0.05) is 13.3 Å². The van der Waals surface area contributed by atoms with Gasteiger partial charge in [0, 0.05) is 26.1 Å². The minimum Gasteiger partial charge on any atom is -0.463 e. The van der Waals surface area contributed by atoms with Crippen LogP contribution in [0.25, 0.3) is 0 Å². The summed E-state index contributed by atoms with van der Waals surface area (Å²) in [4.78, 5) is 21.3. The molecule has 4 nitrogen and oxygen atoms in total. The van der Waals surface area contributed by atoms with Gasteiger partial charge < -0.3 is 9.47 Å². The van der Waals surface area contributed by atoms with Gasteiger partial charge in [0.25, 0.3) is 0 Å². The van der Waals surface area contributed by atoms with Crippen molar-refractivity contribution in [2.45, 2.75) is 33.1 Å². The summed E-state index contributed by atoms with van der Waals surface area (Å²) in [5, 5.41) is 0. The molecule has 0 aliphatic rings. The Kier molecular flexibility index (Phi) is 13.5. The first-order chi connectivity index (χ1) is 6.66. The maximum atomic E-state index is 10.8. The molecule has 0 N–H and O–H groups in total. The van der Waals surface area contributed by atoms with Crippen LogP contribution in [0.15, 0.2) is 0 Å². The van der Waals surface area contributed by atoms with Crippen LogP contribution in [-0.4, -0.2) is 31.6 Å². The third kappa shape index (κ3) is 13.7. The Labute approximate surface area is 103 Å². The second-order valence-electron chi connectivity index (χ2n) is 3.07. The molecule has 0 heterocycles. The van der Waals surface area contributed by atoms with Crippen molar-refractivity contribution in [2.75, 3.05) is 19.8 Å². The van der Waals surface area contributed by atoms with Crippen molar-refractivity contribution in [3.8, 4) is 0 Å². The summed E-state index contributed by atoms with van der Waals surface area (Å²) < 4.78 is 9.92. The number of carbonyl (C=O) groups excluding carboxylic acids is 2. The molecule has 0 unspecified atom stereocenters. The normalized spacial score (nSPS) is 9.20. The molecule has 0 rings (SSSR count). The van der Waals surface area contributed by atoms with Crippen LogP contribution in [0.4, 0.5) is 0 Å². The van der Waals surface area contributed by atoms with Crippen LogP contribution in [0.2, 0.25) is 0 Å². The zero-order valence-corrected chi connectivity index (χ0v) is 12.5. The Morgan fingerprint density at radius 1 is 1.13 bits per heavy atom. The number of hydrogen-bond acceptors (Lipinski definition) is 4. The van der Waals surface area contributed by atoms with Crippen molar-refractivity contribution >= 4 is 11.8 Å². The van der Waals surface area contributed by atoms with E-state index in [9.17, 15) is 9.59 Å². The standard InChI is InChI=1S/C10H18O4.Zn/c1-3-4-5-13-6-7-14-10(12)8-9(2)11;/h3-8H2,1-2H3;. The van der Waals surface area contributed by atoms with Gasteiger partial charge in [-0.2, -0.15) is 0 Å². The molecule has 0 saturated heterocycles. The smallest absolute Gasteiger partial charge is 0.313 e. The number of carbonyl (C=O) groups is 2. The van der Waals surface area contributed by atoms with Crippen LogP contribution in [0.3, 0.4) is 0 Å². The molecular weight excluding hydrogens is 249 g/mol. The fourth-order valence-electron chi connectivity index (χ4n) is 0.817. The van der Waals surface area contributed by atoms with Crippen molar-refractivity contribution < 1.29 is 38.5 Å². The van der Waals surface area contributed by atoms with Crippen LogP contribution in [0, 0.1) is 0 Å². The summed E-state index contributed by atoms with van der Waals surface area (Å²) in [6.45, 7) is 4.77. The molecule has 0 bridgehead atoms. The third-order valence-electron chi connectivity index (χ3n) is 1.53. The summed E-state index contributed by atoms with van der Waals surface area (Å²) in [5.74, 6) is -0.654. The van der Waals surface area contributed by atoms with E-state index >= 15 is 0 Å². The molecule has 0 aliphatic carbocycles. The molecule has 0 aliphatic heterocycles. The largest absolute Gasteiger partial charge is 0.463 e. The van der Waals surface area contributed by atoms with Crippen molar-refractivity contribution in [3.63, 3.8) is 0 Å². The zero-order valence-electron chi connectivity index (χ0n) is 9.58. The first-order valence-electron chi connectivity index (χ1n) is 4.89. The van der Waals surface area contributed by atoms with E-state index < -0.39 is 5.97 Å². The molecule has 0 atom stereocenters.